The van der Waals surface area contributed by atoms with Gasteiger partial charge in [0.25, 0.3) is 0 Å². The van der Waals surface area contributed by atoms with Gasteiger partial charge in [-0.2, -0.15) is 0 Å². The van der Waals surface area contributed by atoms with E-state index in [9.17, 15) is 14.5 Å². The smallest absolute Gasteiger partial charge is 0.353 e. The van der Waals surface area contributed by atoms with Gasteiger partial charge in [-0.05, 0) is 29.8 Å². The molecule has 3 rings (SSSR count). The summed E-state index contributed by atoms with van der Waals surface area (Å²) in [6.45, 7) is 0.257. The van der Waals surface area contributed by atoms with Crippen LogP contribution >= 0.6 is 0 Å². The second-order valence-electron chi connectivity index (χ2n) is 5.02. The zero-order chi connectivity index (χ0) is 17.6. The Labute approximate surface area is 141 Å². The molecule has 0 fully saturated rings. The molecule has 0 spiro atoms. The van der Waals surface area contributed by atoms with Crippen molar-refractivity contribution in [3.8, 4) is 0 Å². The van der Waals surface area contributed by atoms with Crippen LogP contribution < -0.4 is 10.6 Å². The molecule has 0 amide bonds. The fourth-order valence-electron chi connectivity index (χ4n) is 2.13. The molecule has 2 N–H and O–H groups in total. The van der Waals surface area contributed by atoms with Crippen LogP contribution in [0.15, 0.2) is 55.1 Å². The molecule has 0 saturated carbocycles. The third-order valence-corrected chi connectivity index (χ3v) is 3.32. The van der Waals surface area contributed by atoms with Crippen molar-refractivity contribution in [3.63, 3.8) is 0 Å². The highest BCUT2D eigenvalue weighted by atomic mass is 19.1. The van der Waals surface area contributed by atoms with Crippen molar-refractivity contribution < 1.29 is 9.31 Å². The van der Waals surface area contributed by atoms with Crippen molar-refractivity contribution in [3.05, 3.63) is 76.6 Å². The molecule has 126 valence electrons. The Kier molecular flexibility index (Phi) is 4.74. The first-order valence-electron chi connectivity index (χ1n) is 7.28. The number of nitrogens with one attached hydrogen (secondary N) is 2. The fraction of sp³-hybridized carbons (Fsp3) is 0.0625. The number of nitro groups is 1. The Morgan fingerprint density at radius 2 is 1.72 bits per heavy atom. The Bertz CT molecular complexity index is 874. The lowest BCUT2D eigenvalue weighted by Gasteiger charge is -2.10. The minimum absolute atomic E-state index is 0.0628. The van der Waals surface area contributed by atoms with Gasteiger partial charge in [0.05, 0.1) is 4.92 Å². The molecular formula is C16H13FN6O2. The number of aromatic nitrogens is 3. The van der Waals surface area contributed by atoms with Crippen LogP contribution in [0.1, 0.15) is 5.56 Å². The van der Waals surface area contributed by atoms with Crippen LogP contribution in [0.4, 0.5) is 27.4 Å². The first kappa shape index (κ1) is 16.2. The van der Waals surface area contributed by atoms with E-state index in [1.807, 2.05) is 0 Å². The lowest BCUT2D eigenvalue weighted by atomic mass is 10.2. The standard InChI is InChI=1S/C16H13FN6O2/c17-12-3-1-11(2-4-12)9-19-15-14(23(24)25)16(21-10-20-15)22-13-5-7-18-8-6-13/h1-8,10H,9H2,(H2,18,19,20,21,22). The van der Waals surface area contributed by atoms with Gasteiger partial charge in [0.1, 0.15) is 12.1 Å². The number of nitrogens with zero attached hydrogens (tertiary/aromatic N) is 4. The van der Waals surface area contributed by atoms with E-state index in [0.717, 1.165) is 5.56 Å². The number of pyridine rings is 1. The maximum Gasteiger partial charge on any atom is 0.353 e. The van der Waals surface area contributed by atoms with E-state index < -0.39 is 4.92 Å². The number of hydrogen-bond acceptors (Lipinski definition) is 7. The molecule has 25 heavy (non-hydrogen) atoms. The quantitative estimate of drug-likeness (QED) is 0.524. The van der Waals surface area contributed by atoms with Gasteiger partial charge in [-0.15, -0.1) is 0 Å². The maximum atomic E-state index is 12.9. The summed E-state index contributed by atoms with van der Waals surface area (Å²) in [4.78, 5) is 22.7. The molecule has 0 atom stereocenters. The molecular weight excluding hydrogens is 327 g/mol. The monoisotopic (exact) mass is 340 g/mol. The summed E-state index contributed by atoms with van der Waals surface area (Å²) in [5.74, 6) is -0.214. The van der Waals surface area contributed by atoms with E-state index in [1.165, 1.54) is 18.5 Å². The van der Waals surface area contributed by atoms with E-state index in [4.69, 9.17) is 0 Å². The highest BCUT2D eigenvalue weighted by Crippen LogP contribution is 2.31. The molecule has 0 unspecified atom stereocenters. The number of benzene rings is 1. The Hall–Kier alpha value is -3.62. The third kappa shape index (κ3) is 4.02. The predicted molar refractivity (Wildman–Crippen MR) is 89.9 cm³/mol. The van der Waals surface area contributed by atoms with Crippen LogP contribution in [0.25, 0.3) is 0 Å². The predicted octanol–water partition coefficient (Wildman–Crippen LogP) is 3.27. The maximum absolute atomic E-state index is 12.9. The summed E-state index contributed by atoms with van der Waals surface area (Å²) in [5, 5.41) is 17.2. The van der Waals surface area contributed by atoms with Gasteiger partial charge in [0, 0.05) is 24.6 Å². The van der Waals surface area contributed by atoms with E-state index in [-0.39, 0.29) is 29.7 Å². The average Bonchev–Trinajstić information content (AvgIpc) is 2.62. The van der Waals surface area contributed by atoms with Crippen molar-refractivity contribution in [1.82, 2.24) is 15.0 Å². The zero-order valence-corrected chi connectivity index (χ0v) is 12.9. The minimum atomic E-state index is -0.559. The van der Waals surface area contributed by atoms with Gasteiger partial charge in [-0.3, -0.25) is 15.1 Å². The Morgan fingerprint density at radius 1 is 1.04 bits per heavy atom. The topological polar surface area (TPSA) is 106 Å². The lowest BCUT2D eigenvalue weighted by Crippen LogP contribution is -2.08. The summed E-state index contributed by atoms with van der Waals surface area (Å²) >= 11 is 0. The van der Waals surface area contributed by atoms with E-state index in [2.05, 4.69) is 25.6 Å². The number of rotatable bonds is 6. The molecule has 9 heteroatoms. The number of hydrogen-bond donors (Lipinski definition) is 2. The molecule has 0 aliphatic rings. The number of halogens is 1. The normalized spacial score (nSPS) is 10.3. The van der Waals surface area contributed by atoms with Gasteiger partial charge >= 0.3 is 5.69 Å². The average molecular weight is 340 g/mol. The highest BCUT2D eigenvalue weighted by Gasteiger charge is 2.23. The third-order valence-electron chi connectivity index (χ3n) is 3.32. The first-order valence-corrected chi connectivity index (χ1v) is 7.28. The second-order valence-corrected chi connectivity index (χ2v) is 5.02. The lowest BCUT2D eigenvalue weighted by molar-refractivity contribution is -0.383. The minimum Gasteiger partial charge on any atom is -0.360 e. The van der Waals surface area contributed by atoms with Crippen LogP contribution in [-0.4, -0.2) is 19.9 Å². The molecule has 8 nitrogen and oxygen atoms in total. The van der Waals surface area contributed by atoms with Crippen molar-refractivity contribution in [1.29, 1.82) is 0 Å². The molecule has 0 radical (unpaired) electrons. The van der Waals surface area contributed by atoms with Crippen LogP contribution in [0, 0.1) is 15.9 Å². The Morgan fingerprint density at radius 3 is 2.40 bits per heavy atom. The molecule has 2 aromatic heterocycles. The molecule has 0 saturated heterocycles. The SMILES string of the molecule is O=[N+]([O-])c1c(NCc2ccc(F)cc2)ncnc1Nc1ccncc1. The van der Waals surface area contributed by atoms with E-state index in [0.29, 0.717) is 5.69 Å². The molecule has 1 aromatic carbocycles. The van der Waals surface area contributed by atoms with Gasteiger partial charge in [-0.25, -0.2) is 14.4 Å². The Balaban J connectivity index is 1.84. The molecule has 3 aromatic rings. The highest BCUT2D eigenvalue weighted by molar-refractivity contribution is 5.73. The van der Waals surface area contributed by atoms with Gasteiger partial charge in [0.15, 0.2) is 0 Å². The van der Waals surface area contributed by atoms with Crippen LogP contribution in [-0.2, 0) is 6.54 Å². The summed E-state index contributed by atoms with van der Waals surface area (Å²) in [5.41, 5.74) is 1.10. The molecule has 0 bridgehead atoms. The van der Waals surface area contributed by atoms with E-state index in [1.54, 1.807) is 36.7 Å². The summed E-state index contributed by atoms with van der Waals surface area (Å²) in [6, 6.07) is 9.15. The first-order chi connectivity index (χ1) is 12.1. The van der Waals surface area contributed by atoms with Gasteiger partial charge in [0.2, 0.25) is 11.6 Å². The van der Waals surface area contributed by atoms with Crippen LogP contribution in [0.3, 0.4) is 0 Å². The molecule has 0 aliphatic heterocycles. The largest absolute Gasteiger partial charge is 0.360 e. The van der Waals surface area contributed by atoms with Crippen molar-refractivity contribution in [2.45, 2.75) is 6.54 Å². The van der Waals surface area contributed by atoms with E-state index >= 15 is 0 Å². The summed E-state index contributed by atoms with van der Waals surface area (Å²) < 4.78 is 12.9. The van der Waals surface area contributed by atoms with Crippen LogP contribution in [0.2, 0.25) is 0 Å². The molecule has 0 aliphatic carbocycles. The van der Waals surface area contributed by atoms with Gasteiger partial charge < -0.3 is 10.6 Å². The summed E-state index contributed by atoms with van der Waals surface area (Å²) in [7, 11) is 0. The summed E-state index contributed by atoms with van der Waals surface area (Å²) in [6.07, 6.45) is 4.34. The second kappa shape index (κ2) is 7.30. The van der Waals surface area contributed by atoms with Crippen LogP contribution in [0.5, 0.6) is 0 Å². The van der Waals surface area contributed by atoms with Crippen molar-refractivity contribution in [2.75, 3.05) is 10.6 Å². The van der Waals surface area contributed by atoms with Gasteiger partial charge in [-0.1, -0.05) is 12.1 Å². The van der Waals surface area contributed by atoms with Crippen molar-refractivity contribution >= 4 is 23.0 Å². The zero-order valence-electron chi connectivity index (χ0n) is 12.9. The molecule has 2 heterocycles. The van der Waals surface area contributed by atoms with Crippen molar-refractivity contribution in [2.24, 2.45) is 0 Å². The fourth-order valence-corrected chi connectivity index (χ4v) is 2.13. The number of anilines is 3.